The van der Waals surface area contributed by atoms with E-state index in [0.717, 1.165) is 15.6 Å². The van der Waals surface area contributed by atoms with Crippen LogP contribution in [0.5, 0.6) is 0 Å². The molecule has 7 heteroatoms. The Labute approximate surface area is 156 Å². The smallest absolute Gasteiger partial charge is 0.246 e. The van der Waals surface area contributed by atoms with Crippen LogP contribution in [-0.4, -0.2) is 40.8 Å². The van der Waals surface area contributed by atoms with E-state index < -0.39 is 0 Å². The molecular weight excluding hydrogens is 348 g/mol. The molecule has 134 valence electrons. The van der Waals surface area contributed by atoms with Crippen molar-refractivity contribution in [3.63, 3.8) is 0 Å². The highest BCUT2D eigenvalue weighted by molar-refractivity contribution is 7.11. The van der Waals surface area contributed by atoms with E-state index >= 15 is 0 Å². The summed E-state index contributed by atoms with van der Waals surface area (Å²) in [6.07, 6.45) is 0.268. The van der Waals surface area contributed by atoms with Crippen molar-refractivity contribution in [3.8, 4) is 6.07 Å². The number of para-hydroxylation sites is 1. The van der Waals surface area contributed by atoms with Gasteiger partial charge in [0.1, 0.15) is 12.6 Å². The Bertz CT molecular complexity index is 899. The third kappa shape index (κ3) is 3.46. The van der Waals surface area contributed by atoms with Gasteiger partial charge in [-0.05, 0) is 32.9 Å². The molecule has 0 bridgehead atoms. The van der Waals surface area contributed by atoms with E-state index in [9.17, 15) is 14.9 Å². The van der Waals surface area contributed by atoms with Crippen LogP contribution < -0.4 is 4.90 Å². The molecule has 1 unspecified atom stereocenters. The van der Waals surface area contributed by atoms with E-state index in [1.54, 1.807) is 34.1 Å². The number of hydrogen-bond acceptors (Lipinski definition) is 5. The monoisotopic (exact) mass is 368 g/mol. The van der Waals surface area contributed by atoms with Gasteiger partial charge in [0.25, 0.3) is 0 Å². The van der Waals surface area contributed by atoms with Crippen LogP contribution in [0.25, 0.3) is 0 Å². The van der Waals surface area contributed by atoms with E-state index in [-0.39, 0.29) is 30.8 Å². The Morgan fingerprint density at radius 3 is 2.77 bits per heavy atom. The van der Waals surface area contributed by atoms with Gasteiger partial charge in [-0.1, -0.05) is 12.1 Å². The lowest BCUT2D eigenvalue weighted by Gasteiger charge is -2.39. The number of carbonyl (C=O) groups is 2. The van der Waals surface area contributed by atoms with Crippen molar-refractivity contribution in [1.82, 2.24) is 9.88 Å². The van der Waals surface area contributed by atoms with Gasteiger partial charge in [-0.2, -0.15) is 5.26 Å². The lowest BCUT2D eigenvalue weighted by atomic mass is 10.1. The molecule has 2 aromatic rings. The fourth-order valence-corrected chi connectivity index (χ4v) is 4.13. The minimum absolute atomic E-state index is 0.0244. The normalized spacial score (nSPS) is 17.3. The van der Waals surface area contributed by atoms with E-state index in [2.05, 4.69) is 11.1 Å². The number of rotatable bonds is 3. The first-order valence-electron chi connectivity index (χ1n) is 8.42. The van der Waals surface area contributed by atoms with Gasteiger partial charge in [0, 0.05) is 17.5 Å². The molecule has 0 aliphatic carbocycles. The lowest BCUT2D eigenvalue weighted by Crippen LogP contribution is -2.57. The van der Waals surface area contributed by atoms with Crippen molar-refractivity contribution < 1.29 is 9.59 Å². The number of amides is 2. The Hall–Kier alpha value is -2.72. The van der Waals surface area contributed by atoms with Gasteiger partial charge in [-0.3, -0.25) is 9.59 Å². The molecule has 2 heterocycles. The zero-order valence-electron chi connectivity index (χ0n) is 15.0. The van der Waals surface area contributed by atoms with Gasteiger partial charge in [-0.25, -0.2) is 4.98 Å². The van der Waals surface area contributed by atoms with Gasteiger partial charge in [-0.15, -0.1) is 11.3 Å². The first-order valence-corrected chi connectivity index (χ1v) is 9.24. The van der Waals surface area contributed by atoms with Crippen LogP contribution in [-0.2, 0) is 16.0 Å². The third-order valence-electron chi connectivity index (χ3n) is 4.53. The lowest BCUT2D eigenvalue weighted by molar-refractivity contribution is -0.138. The number of benzene rings is 1. The maximum Gasteiger partial charge on any atom is 0.246 e. The first kappa shape index (κ1) is 18.1. The number of nitriles is 1. The summed E-state index contributed by atoms with van der Waals surface area (Å²) in [6.45, 7) is 6.15. The average Bonchev–Trinajstić information content (AvgIpc) is 2.93. The fraction of sp³-hybridized carbons (Fsp3) is 0.368. The molecule has 1 aromatic carbocycles. The summed E-state index contributed by atoms with van der Waals surface area (Å²) < 4.78 is 0. The van der Waals surface area contributed by atoms with Crippen LogP contribution in [0.1, 0.15) is 28.1 Å². The van der Waals surface area contributed by atoms with Crippen molar-refractivity contribution in [2.24, 2.45) is 0 Å². The van der Waals surface area contributed by atoms with Gasteiger partial charge < -0.3 is 9.80 Å². The standard InChI is InChI=1S/C19H20N4O2S/c1-12-10-23(16-7-5-4-6-15(16)9-20)19(25)11-22(12)18(24)8-17-13(2)21-14(3)26-17/h4-7,12H,8,10-11H2,1-3H3. The maximum absolute atomic E-state index is 12.7. The maximum atomic E-state index is 12.7. The number of anilines is 1. The van der Waals surface area contributed by atoms with Gasteiger partial charge >= 0.3 is 0 Å². The molecule has 2 amide bonds. The Balaban J connectivity index is 1.76. The topological polar surface area (TPSA) is 77.3 Å². The molecule has 0 radical (unpaired) electrons. The average molecular weight is 368 g/mol. The molecule has 0 saturated carbocycles. The Kier molecular flexibility index (Phi) is 5.05. The van der Waals surface area contributed by atoms with Crippen LogP contribution in [0.4, 0.5) is 5.69 Å². The van der Waals surface area contributed by atoms with Crippen molar-refractivity contribution >= 4 is 28.8 Å². The second kappa shape index (κ2) is 7.26. The molecule has 1 aliphatic rings. The molecule has 1 fully saturated rings. The van der Waals surface area contributed by atoms with Gasteiger partial charge in [0.05, 0.1) is 28.4 Å². The molecule has 0 N–H and O–H groups in total. The summed E-state index contributed by atoms with van der Waals surface area (Å²) in [7, 11) is 0. The largest absolute Gasteiger partial charge is 0.329 e. The highest BCUT2D eigenvalue weighted by Gasteiger charge is 2.34. The second-order valence-corrected chi connectivity index (χ2v) is 7.71. The van der Waals surface area contributed by atoms with E-state index in [4.69, 9.17) is 0 Å². The number of piperazine rings is 1. The van der Waals surface area contributed by atoms with Crippen LogP contribution in [0, 0.1) is 25.2 Å². The van der Waals surface area contributed by atoms with E-state index in [0.29, 0.717) is 17.8 Å². The molecule has 1 aliphatic heterocycles. The van der Waals surface area contributed by atoms with Crippen molar-refractivity contribution in [2.75, 3.05) is 18.0 Å². The summed E-state index contributed by atoms with van der Waals surface area (Å²) >= 11 is 1.52. The summed E-state index contributed by atoms with van der Waals surface area (Å²) in [5, 5.41) is 10.2. The molecule has 26 heavy (non-hydrogen) atoms. The highest BCUT2D eigenvalue weighted by Crippen LogP contribution is 2.25. The summed E-state index contributed by atoms with van der Waals surface area (Å²) in [6, 6.07) is 9.04. The van der Waals surface area contributed by atoms with Crippen LogP contribution in [0.3, 0.4) is 0 Å². The number of hydrogen-bond donors (Lipinski definition) is 0. The van der Waals surface area contributed by atoms with Crippen molar-refractivity contribution in [3.05, 3.63) is 45.4 Å². The minimum atomic E-state index is -0.170. The molecule has 6 nitrogen and oxygen atoms in total. The number of nitrogens with zero attached hydrogens (tertiary/aromatic N) is 4. The Morgan fingerprint density at radius 1 is 1.38 bits per heavy atom. The molecule has 1 saturated heterocycles. The zero-order valence-corrected chi connectivity index (χ0v) is 15.8. The zero-order chi connectivity index (χ0) is 18.8. The minimum Gasteiger partial charge on any atom is -0.329 e. The van der Waals surface area contributed by atoms with E-state index in [1.165, 1.54) is 11.3 Å². The van der Waals surface area contributed by atoms with Crippen LogP contribution in [0.15, 0.2) is 24.3 Å². The predicted octanol–water partition coefficient (Wildman–Crippen LogP) is 2.44. The fourth-order valence-electron chi connectivity index (χ4n) is 3.20. The van der Waals surface area contributed by atoms with Gasteiger partial charge in [0.2, 0.25) is 11.8 Å². The van der Waals surface area contributed by atoms with Crippen molar-refractivity contribution in [2.45, 2.75) is 33.2 Å². The van der Waals surface area contributed by atoms with Crippen LogP contribution in [0.2, 0.25) is 0 Å². The number of aryl methyl sites for hydroxylation is 2. The summed E-state index contributed by atoms with van der Waals surface area (Å²) in [4.78, 5) is 33.9. The van der Waals surface area contributed by atoms with E-state index in [1.807, 2.05) is 20.8 Å². The third-order valence-corrected chi connectivity index (χ3v) is 5.61. The van der Waals surface area contributed by atoms with Crippen molar-refractivity contribution in [1.29, 1.82) is 5.26 Å². The first-order chi connectivity index (χ1) is 12.4. The van der Waals surface area contributed by atoms with Crippen LogP contribution >= 0.6 is 11.3 Å². The number of thiazole rings is 1. The summed E-state index contributed by atoms with van der Waals surface area (Å²) in [5.74, 6) is -0.234. The highest BCUT2D eigenvalue weighted by atomic mass is 32.1. The predicted molar refractivity (Wildman–Crippen MR) is 100.0 cm³/mol. The number of aromatic nitrogens is 1. The molecular formula is C19H20N4O2S. The SMILES string of the molecule is Cc1nc(C)c(CC(=O)N2CC(=O)N(c3ccccc3C#N)CC2C)s1. The molecule has 1 aromatic heterocycles. The summed E-state index contributed by atoms with van der Waals surface area (Å²) in [5.41, 5.74) is 1.94. The Morgan fingerprint density at radius 2 is 2.12 bits per heavy atom. The molecule has 3 rings (SSSR count). The quantitative estimate of drug-likeness (QED) is 0.834. The molecule has 0 spiro atoms. The number of carbonyl (C=O) groups excluding carboxylic acids is 2. The van der Waals surface area contributed by atoms with Gasteiger partial charge in [0.15, 0.2) is 0 Å². The molecule has 1 atom stereocenters. The second-order valence-electron chi connectivity index (χ2n) is 6.42.